The minimum absolute atomic E-state index is 0.0386. The van der Waals surface area contributed by atoms with E-state index in [0.29, 0.717) is 42.2 Å². The third-order valence-electron chi connectivity index (χ3n) is 7.11. The highest BCUT2D eigenvalue weighted by atomic mass is 35.5. The minimum atomic E-state index is -0.487. The van der Waals surface area contributed by atoms with Crippen LogP contribution in [0.3, 0.4) is 0 Å². The molecule has 6 heteroatoms. The monoisotopic (exact) mass is 507 g/mol. The summed E-state index contributed by atoms with van der Waals surface area (Å²) >= 11 is 6.08. The third kappa shape index (κ3) is 5.57. The lowest BCUT2D eigenvalue weighted by Gasteiger charge is -2.38. The maximum absolute atomic E-state index is 13.7. The van der Waals surface area contributed by atoms with Gasteiger partial charge in [0.1, 0.15) is 11.5 Å². The highest BCUT2D eigenvalue weighted by Gasteiger charge is 2.46. The highest BCUT2D eigenvalue weighted by molar-refractivity contribution is 6.30. The van der Waals surface area contributed by atoms with Crippen LogP contribution in [0.1, 0.15) is 76.3 Å². The van der Waals surface area contributed by atoms with E-state index in [-0.39, 0.29) is 17.8 Å². The fraction of sp³-hybridized carbons (Fsp3) is 0.433. The Kier molecular flexibility index (Phi) is 8.30. The van der Waals surface area contributed by atoms with Crippen molar-refractivity contribution in [3.8, 4) is 5.75 Å². The van der Waals surface area contributed by atoms with Gasteiger partial charge in [0.15, 0.2) is 0 Å². The van der Waals surface area contributed by atoms with Gasteiger partial charge in [0.25, 0.3) is 0 Å². The van der Waals surface area contributed by atoms with Crippen molar-refractivity contribution < 1.29 is 19.1 Å². The molecular formula is C30H34ClNO4. The molecule has 2 aromatic carbocycles. The predicted octanol–water partition coefficient (Wildman–Crippen LogP) is 7.05. The van der Waals surface area contributed by atoms with Crippen LogP contribution >= 0.6 is 11.6 Å². The summed E-state index contributed by atoms with van der Waals surface area (Å²) in [4.78, 5) is 31.9. The second-order valence-electron chi connectivity index (χ2n) is 9.72. The van der Waals surface area contributed by atoms with Crippen molar-refractivity contribution in [2.75, 3.05) is 6.61 Å². The maximum atomic E-state index is 13.7. The van der Waals surface area contributed by atoms with Gasteiger partial charge in [0.2, 0.25) is 0 Å². The molecular weight excluding hydrogens is 474 g/mol. The molecule has 2 aromatic rings. The number of allylic oxidation sites excluding steroid dienone is 1. The number of carbonyl (C=O) groups excluding carboxylic acids is 2. The first-order chi connectivity index (χ1) is 17.3. The van der Waals surface area contributed by atoms with Crippen LogP contribution in [0.25, 0.3) is 0 Å². The summed E-state index contributed by atoms with van der Waals surface area (Å²) < 4.78 is 11.5. The Bertz CT molecular complexity index is 1170. The Hall–Kier alpha value is -2.92. The number of fused-ring (bicyclic) bond motifs is 1. The van der Waals surface area contributed by atoms with E-state index < -0.39 is 17.8 Å². The minimum Gasteiger partial charge on any atom is -0.494 e. The van der Waals surface area contributed by atoms with Crippen molar-refractivity contribution in [3.05, 3.63) is 76.0 Å². The molecule has 1 saturated carbocycles. The number of ether oxygens (including phenoxy) is 2. The standard InChI is InChI=1S/C30H34ClNO4/c1-5-15-35-24-13-9-21(10-14-24)28-27(30(34)36-18(3)6-2)19(4)32-25-16-22(17-26(33)29(25)28)20-7-11-23(31)12-8-20/h7-14,18,22,28-29H,5-6,15-17H2,1-4H3/t18-,22-,28-,29?/m0/s1. The van der Waals surface area contributed by atoms with Crippen LogP contribution in [-0.2, 0) is 14.3 Å². The highest BCUT2D eigenvalue weighted by Crippen LogP contribution is 2.46. The molecule has 4 atom stereocenters. The second kappa shape index (κ2) is 11.4. The van der Waals surface area contributed by atoms with Crippen LogP contribution in [0.5, 0.6) is 5.75 Å². The van der Waals surface area contributed by atoms with E-state index in [1.54, 1.807) is 0 Å². The number of hydrogen-bond acceptors (Lipinski definition) is 5. The molecule has 1 heterocycles. The van der Waals surface area contributed by atoms with E-state index in [4.69, 9.17) is 26.1 Å². The zero-order chi connectivity index (χ0) is 25.8. The zero-order valence-corrected chi connectivity index (χ0v) is 22.2. The van der Waals surface area contributed by atoms with E-state index in [2.05, 4.69) is 6.92 Å². The smallest absolute Gasteiger partial charge is 0.336 e. The number of Topliss-reactive ketones (excluding diaryl/α,β-unsaturated/α-hetero) is 1. The van der Waals surface area contributed by atoms with Crippen molar-refractivity contribution >= 4 is 29.1 Å². The molecule has 0 aromatic heterocycles. The van der Waals surface area contributed by atoms with E-state index in [9.17, 15) is 9.59 Å². The van der Waals surface area contributed by atoms with Crippen LogP contribution in [0.4, 0.5) is 0 Å². The first-order valence-electron chi connectivity index (χ1n) is 12.8. The van der Waals surface area contributed by atoms with Crippen LogP contribution < -0.4 is 4.74 Å². The summed E-state index contributed by atoms with van der Waals surface area (Å²) in [5.74, 6) is -0.414. The van der Waals surface area contributed by atoms with Gasteiger partial charge in [-0.15, -0.1) is 0 Å². The molecule has 4 rings (SSSR count). The van der Waals surface area contributed by atoms with Crippen LogP contribution in [0.15, 0.2) is 64.8 Å². The number of ketones is 1. The van der Waals surface area contributed by atoms with Gasteiger partial charge in [0, 0.05) is 28.8 Å². The summed E-state index contributed by atoms with van der Waals surface area (Å²) in [6.07, 6.45) is 2.48. The average Bonchev–Trinajstić information content (AvgIpc) is 2.87. The van der Waals surface area contributed by atoms with Crippen molar-refractivity contribution in [1.29, 1.82) is 0 Å². The summed E-state index contributed by atoms with van der Waals surface area (Å²) in [6.45, 7) is 8.40. The van der Waals surface area contributed by atoms with Crippen LogP contribution in [-0.4, -0.2) is 30.2 Å². The second-order valence-corrected chi connectivity index (χ2v) is 10.2. The van der Waals surface area contributed by atoms with Gasteiger partial charge in [-0.3, -0.25) is 9.79 Å². The Morgan fingerprint density at radius 1 is 1.03 bits per heavy atom. The number of carbonyl (C=O) groups is 2. The fourth-order valence-electron chi connectivity index (χ4n) is 5.09. The first kappa shape index (κ1) is 26.2. The van der Waals surface area contributed by atoms with Crippen molar-refractivity contribution in [3.63, 3.8) is 0 Å². The zero-order valence-electron chi connectivity index (χ0n) is 21.4. The van der Waals surface area contributed by atoms with Gasteiger partial charge in [-0.1, -0.05) is 49.7 Å². The predicted molar refractivity (Wildman–Crippen MR) is 143 cm³/mol. The normalized spacial score (nSPS) is 22.5. The lowest BCUT2D eigenvalue weighted by molar-refractivity contribution is -0.144. The Morgan fingerprint density at radius 2 is 1.69 bits per heavy atom. The van der Waals surface area contributed by atoms with E-state index in [0.717, 1.165) is 29.0 Å². The summed E-state index contributed by atoms with van der Waals surface area (Å²) in [5.41, 5.74) is 3.90. The van der Waals surface area contributed by atoms with Gasteiger partial charge in [-0.25, -0.2) is 4.79 Å². The molecule has 1 aliphatic carbocycles. The molecule has 1 unspecified atom stereocenters. The van der Waals surface area contributed by atoms with Crippen molar-refractivity contribution in [1.82, 2.24) is 0 Å². The van der Waals surface area contributed by atoms with Gasteiger partial charge >= 0.3 is 5.97 Å². The molecule has 36 heavy (non-hydrogen) atoms. The molecule has 190 valence electrons. The van der Waals surface area contributed by atoms with E-state index in [1.165, 1.54) is 0 Å². The lowest BCUT2D eigenvalue weighted by Crippen LogP contribution is -2.41. The molecule has 2 aliphatic rings. The number of benzene rings is 2. The van der Waals surface area contributed by atoms with Gasteiger partial charge in [0.05, 0.1) is 24.2 Å². The Balaban J connectivity index is 1.73. The molecule has 0 spiro atoms. The van der Waals surface area contributed by atoms with Crippen molar-refractivity contribution in [2.24, 2.45) is 10.9 Å². The van der Waals surface area contributed by atoms with Gasteiger partial charge in [-0.05, 0) is 74.4 Å². The van der Waals surface area contributed by atoms with Crippen LogP contribution in [0.2, 0.25) is 5.02 Å². The van der Waals surface area contributed by atoms with Crippen molar-refractivity contribution in [2.45, 2.75) is 71.3 Å². The molecule has 5 nitrogen and oxygen atoms in total. The molecule has 0 bridgehead atoms. The fourth-order valence-corrected chi connectivity index (χ4v) is 5.22. The average molecular weight is 508 g/mol. The number of esters is 1. The summed E-state index contributed by atoms with van der Waals surface area (Å²) in [5, 5.41) is 0.670. The quantitative estimate of drug-likeness (QED) is 0.359. The topological polar surface area (TPSA) is 65.0 Å². The molecule has 0 radical (unpaired) electrons. The Morgan fingerprint density at radius 3 is 2.33 bits per heavy atom. The number of rotatable bonds is 8. The lowest BCUT2D eigenvalue weighted by atomic mass is 9.66. The molecule has 1 aliphatic heterocycles. The SMILES string of the molecule is CCCOc1ccc([C@H]2C(C(=O)O[C@@H](C)CC)=C(C)N=C3C[C@H](c4ccc(Cl)cc4)CC(=O)C32)cc1. The third-order valence-corrected chi connectivity index (χ3v) is 7.36. The molecule has 0 N–H and O–H groups in total. The van der Waals surface area contributed by atoms with Gasteiger partial charge in [-0.2, -0.15) is 0 Å². The number of nitrogens with zero attached hydrogens (tertiary/aromatic N) is 1. The van der Waals surface area contributed by atoms with E-state index in [1.807, 2.05) is 69.3 Å². The maximum Gasteiger partial charge on any atom is 0.336 e. The summed E-state index contributed by atoms with van der Waals surface area (Å²) in [7, 11) is 0. The Labute approximate surface area is 218 Å². The summed E-state index contributed by atoms with van der Waals surface area (Å²) in [6, 6.07) is 15.4. The number of halogens is 1. The number of hydrogen-bond donors (Lipinski definition) is 0. The molecule has 0 saturated heterocycles. The molecule has 1 fully saturated rings. The largest absolute Gasteiger partial charge is 0.494 e. The van der Waals surface area contributed by atoms with E-state index >= 15 is 0 Å². The number of aliphatic imine (C=N–C) groups is 1. The van der Waals surface area contributed by atoms with Gasteiger partial charge < -0.3 is 9.47 Å². The van der Waals surface area contributed by atoms with Crippen LogP contribution in [0, 0.1) is 5.92 Å². The molecule has 0 amide bonds. The first-order valence-corrected chi connectivity index (χ1v) is 13.2.